The van der Waals surface area contributed by atoms with Gasteiger partial charge in [0.05, 0.1) is 24.1 Å². The van der Waals surface area contributed by atoms with Crippen LogP contribution < -0.4 is 0 Å². The zero-order chi connectivity index (χ0) is 18.3. The SMILES string of the molecule is Cc1cccc(C(=O)N2CCc3c(ncn3-c3ccc(F)cn3)C2)c1C. The minimum Gasteiger partial charge on any atom is -0.332 e. The maximum Gasteiger partial charge on any atom is 0.254 e. The monoisotopic (exact) mass is 350 g/mol. The quantitative estimate of drug-likeness (QED) is 0.713. The van der Waals surface area contributed by atoms with Gasteiger partial charge in [0.25, 0.3) is 5.91 Å². The number of halogens is 1. The Morgan fingerprint density at radius 2 is 2.00 bits per heavy atom. The van der Waals surface area contributed by atoms with Gasteiger partial charge in [0.1, 0.15) is 18.0 Å². The number of hydrogen-bond donors (Lipinski definition) is 0. The van der Waals surface area contributed by atoms with E-state index in [1.54, 1.807) is 12.4 Å². The number of hydrogen-bond acceptors (Lipinski definition) is 3. The van der Waals surface area contributed by atoms with Crippen molar-refractivity contribution in [2.75, 3.05) is 6.54 Å². The van der Waals surface area contributed by atoms with Crippen molar-refractivity contribution in [1.29, 1.82) is 0 Å². The normalized spacial score (nSPS) is 13.6. The first kappa shape index (κ1) is 16.4. The van der Waals surface area contributed by atoms with Crippen LogP contribution in [0.15, 0.2) is 42.9 Å². The summed E-state index contributed by atoms with van der Waals surface area (Å²) >= 11 is 0. The van der Waals surface area contributed by atoms with Crippen molar-refractivity contribution in [2.24, 2.45) is 0 Å². The molecule has 1 aliphatic heterocycles. The minimum atomic E-state index is -0.368. The maximum atomic E-state index is 13.1. The lowest BCUT2D eigenvalue weighted by Crippen LogP contribution is -2.36. The number of rotatable bonds is 2. The van der Waals surface area contributed by atoms with Crippen LogP contribution in [0.3, 0.4) is 0 Å². The Balaban J connectivity index is 1.60. The van der Waals surface area contributed by atoms with Crippen LogP contribution in [0, 0.1) is 19.7 Å². The predicted molar refractivity (Wildman–Crippen MR) is 95.7 cm³/mol. The topological polar surface area (TPSA) is 51.0 Å². The molecule has 4 rings (SSSR count). The zero-order valence-corrected chi connectivity index (χ0v) is 14.7. The third kappa shape index (κ3) is 2.77. The van der Waals surface area contributed by atoms with Gasteiger partial charge in [-0.3, -0.25) is 9.36 Å². The van der Waals surface area contributed by atoms with Crippen LogP contribution in [0.2, 0.25) is 0 Å². The molecule has 0 saturated carbocycles. The molecule has 0 radical (unpaired) electrons. The molecule has 0 saturated heterocycles. The Morgan fingerprint density at radius 3 is 2.77 bits per heavy atom. The van der Waals surface area contributed by atoms with Gasteiger partial charge in [0.15, 0.2) is 0 Å². The first-order chi connectivity index (χ1) is 12.5. The molecule has 2 aromatic heterocycles. The van der Waals surface area contributed by atoms with Crippen molar-refractivity contribution in [1.82, 2.24) is 19.4 Å². The van der Waals surface area contributed by atoms with Crippen molar-refractivity contribution in [3.8, 4) is 5.82 Å². The molecule has 132 valence electrons. The summed E-state index contributed by atoms with van der Waals surface area (Å²) in [4.78, 5) is 23.3. The molecular weight excluding hydrogens is 331 g/mol. The summed E-state index contributed by atoms with van der Waals surface area (Å²) < 4.78 is 15.0. The van der Waals surface area contributed by atoms with E-state index in [4.69, 9.17) is 0 Å². The molecule has 3 heterocycles. The second-order valence-electron chi connectivity index (χ2n) is 6.57. The van der Waals surface area contributed by atoms with E-state index in [0.29, 0.717) is 25.3 Å². The van der Waals surface area contributed by atoms with Gasteiger partial charge in [-0.05, 0) is 43.2 Å². The van der Waals surface area contributed by atoms with Crippen molar-refractivity contribution < 1.29 is 9.18 Å². The van der Waals surface area contributed by atoms with E-state index in [1.807, 2.05) is 41.5 Å². The fourth-order valence-corrected chi connectivity index (χ4v) is 3.34. The first-order valence-electron chi connectivity index (χ1n) is 8.57. The summed E-state index contributed by atoms with van der Waals surface area (Å²) in [6.45, 7) is 5.08. The number of aryl methyl sites for hydroxylation is 1. The van der Waals surface area contributed by atoms with Gasteiger partial charge in [0, 0.05) is 18.5 Å². The number of fused-ring (bicyclic) bond motifs is 1. The molecule has 26 heavy (non-hydrogen) atoms. The van der Waals surface area contributed by atoms with E-state index in [0.717, 1.165) is 28.1 Å². The summed E-state index contributed by atoms with van der Waals surface area (Å²) in [5.74, 6) is 0.300. The van der Waals surface area contributed by atoms with Crippen molar-refractivity contribution in [2.45, 2.75) is 26.8 Å². The van der Waals surface area contributed by atoms with Crippen molar-refractivity contribution in [3.05, 3.63) is 76.8 Å². The summed E-state index contributed by atoms with van der Waals surface area (Å²) in [6.07, 6.45) is 3.57. The standard InChI is InChI=1S/C20H19FN4O/c1-13-4-3-5-16(14(13)2)20(26)24-9-8-18-17(11-24)23-12-25(18)19-7-6-15(21)10-22-19/h3-7,10,12H,8-9,11H2,1-2H3. The minimum absolute atomic E-state index is 0.0336. The van der Waals surface area contributed by atoms with Crippen LogP contribution in [0.25, 0.3) is 5.82 Å². The summed E-state index contributed by atoms with van der Waals surface area (Å²) in [5, 5.41) is 0. The van der Waals surface area contributed by atoms with E-state index >= 15 is 0 Å². The van der Waals surface area contributed by atoms with Gasteiger partial charge in [-0.1, -0.05) is 12.1 Å². The van der Waals surface area contributed by atoms with Crippen LogP contribution in [0.4, 0.5) is 4.39 Å². The van der Waals surface area contributed by atoms with E-state index in [2.05, 4.69) is 9.97 Å². The maximum absolute atomic E-state index is 13.1. The molecule has 5 nitrogen and oxygen atoms in total. The number of amides is 1. The average Bonchev–Trinajstić information content (AvgIpc) is 3.07. The van der Waals surface area contributed by atoms with Crippen LogP contribution >= 0.6 is 0 Å². The van der Waals surface area contributed by atoms with Gasteiger partial charge in [-0.25, -0.2) is 14.4 Å². The zero-order valence-electron chi connectivity index (χ0n) is 14.7. The number of carbonyl (C=O) groups excluding carboxylic acids is 1. The third-order valence-corrected chi connectivity index (χ3v) is 4.99. The molecule has 0 N–H and O–H groups in total. The van der Waals surface area contributed by atoms with Gasteiger partial charge < -0.3 is 4.90 Å². The van der Waals surface area contributed by atoms with Gasteiger partial charge in [-0.15, -0.1) is 0 Å². The molecule has 1 amide bonds. The molecule has 6 heteroatoms. The molecule has 0 atom stereocenters. The van der Waals surface area contributed by atoms with E-state index in [9.17, 15) is 9.18 Å². The van der Waals surface area contributed by atoms with Crippen LogP contribution in [0.1, 0.15) is 32.9 Å². The first-order valence-corrected chi connectivity index (χ1v) is 8.57. The highest BCUT2D eigenvalue weighted by atomic mass is 19.1. The lowest BCUT2D eigenvalue weighted by Gasteiger charge is -2.28. The highest BCUT2D eigenvalue weighted by Gasteiger charge is 2.26. The van der Waals surface area contributed by atoms with Gasteiger partial charge in [-0.2, -0.15) is 0 Å². The molecule has 0 unspecified atom stereocenters. The largest absolute Gasteiger partial charge is 0.332 e. The molecule has 3 aromatic rings. The van der Waals surface area contributed by atoms with Gasteiger partial charge >= 0.3 is 0 Å². The van der Waals surface area contributed by atoms with Crippen LogP contribution in [-0.4, -0.2) is 31.9 Å². The Bertz CT molecular complexity index is 978. The van der Waals surface area contributed by atoms with Crippen molar-refractivity contribution >= 4 is 5.91 Å². The van der Waals surface area contributed by atoms with E-state index in [-0.39, 0.29) is 11.7 Å². The number of pyridine rings is 1. The van der Waals surface area contributed by atoms with Crippen molar-refractivity contribution in [3.63, 3.8) is 0 Å². The number of nitrogens with zero attached hydrogens (tertiary/aromatic N) is 4. The molecule has 0 aliphatic carbocycles. The van der Waals surface area contributed by atoms with Crippen LogP contribution in [-0.2, 0) is 13.0 Å². The second-order valence-corrected chi connectivity index (χ2v) is 6.57. The lowest BCUT2D eigenvalue weighted by atomic mass is 10.0. The number of benzene rings is 1. The molecule has 1 aliphatic rings. The number of imidazole rings is 1. The molecule has 0 fully saturated rings. The second kappa shape index (κ2) is 6.37. The smallest absolute Gasteiger partial charge is 0.254 e. The molecule has 1 aromatic carbocycles. The van der Waals surface area contributed by atoms with Crippen LogP contribution in [0.5, 0.6) is 0 Å². The molecule has 0 bridgehead atoms. The van der Waals surface area contributed by atoms with Gasteiger partial charge in [0.2, 0.25) is 0 Å². The van der Waals surface area contributed by atoms with E-state index < -0.39 is 0 Å². The predicted octanol–water partition coefficient (Wildman–Crippen LogP) is 3.22. The fourth-order valence-electron chi connectivity index (χ4n) is 3.34. The Labute approximate surface area is 151 Å². The number of aromatic nitrogens is 3. The Kier molecular flexibility index (Phi) is 4.03. The summed E-state index contributed by atoms with van der Waals surface area (Å²) in [7, 11) is 0. The summed E-state index contributed by atoms with van der Waals surface area (Å²) in [5.41, 5.74) is 4.76. The lowest BCUT2D eigenvalue weighted by molar-refractivity contribution is 0.0730. The summed E-state index contributed by atoms with van der Waals surface area (Å²) in [6, 6.07) is 8.82. The highest BCUT2D eigenvalue weighted by molar-refractivity contribution is 5.96. The fraction of sp³-hybridized carbons (Fsp3) is 0.250. The third-order valence-electron chi connectivity index (χ3n) is 4.99. The highest BCUT2D eigenvalue weighted by Crippen LogP contribution is 2.23. The average molecular weight is 350 g/mol. The molecular formula is C20H19FN4O. The Hall–Kier alpha value is -3.02. The van der Waals surface area contributed by atoms with E-state index in [1.165, 1.54) is 12.3 Å². The number of carbonyl (C=O) groups is 1. The Morgan fingerprint density at radius 1 is 1.15 bits per heavy atom. The molecule has 0 spiro atoms.